The molecule has 0 amide bonds. The van der Waals surface area contributed by atoms with Gasteiger partial charge in [0.05, 0.1) is 11.3 Å². The van der Waals surface area contributed by atoms with E-state index in [1.165, 1.54) is 12.1 Å². The molecular formula is C14H19F3N2O2S. The molecule has 1 aliphatic heterocycles. The second kappa shape index (κ2) is 6.97. The number of halogens is 3. The number of nitrogens with zero attached hydrogens (tertiary/aromatic N) is 1. The van der Waals surface area contributed by atoms with Crippen LogP contribution >= 0.6 is 0 Å². The van der Waals surface area contributed by atoms with E-state index in [2.05, 4.69) is 9.62 Å². The number of rotatable bonds is 6. The summed E-state index contributed by atoms with van der Waals surface area (Å²) < 4.78 is 63.9. The molecule has 1 heterocycles. The standard InChI is InChI=1S/C14H19F3N2O2S/c15-14(16,17)13-5-3-4-12(10-13)11-18-22(20,21)9-8-19-6-1-2-7-19/h3-5,10,18H,1-2,6-9,11H2. The average molecular weight is 336 g/mol. The van der Waals surface area contributed by atoms with Crippen molar-refractivity contribution in [2.45, 2.75) is 25.6 Å². The monoisotopic (exact) mass is 336 g/mol. The predicted octanol–water partition coefficient (Wildman–Crippen LogP) is 2.22. The van der Waals surface area contributed by atoms with Crippen LogP contribution in [0.4, 0.5) is 13.2 Å². The number of nitrogens with one attached hydrogen (secondary N) is 1. The summed E-state index contributed by atoms with van der Waals surface area (Å²) in [6.07, 6.45) is -2.26. The SMILES string of the molecule is O=S(=O)(CCN1CCCC1)NCc1cccc(C(F)(F)F)c1. The van der Waals surface area contributed by atoms with Crippen LogP contribution in [-0.4, -0.2) is 38.7 Å². The lowest BCUT2D eigenvalue weighted by Crippen LogP contribution is -2.33. The second-order valence-electron chi connectivity index (χ2n) is 5.39. The second-order valence-corrected chi connectivity index (χ2v) is 7.31. The van der Waals surface area contributed by atoms with E-state index in [0.29, 0.717) is 12.1 Å². The molecule has 0 radical (unpaired) electrons. The number of hydrogen-bond donors (Lipinski definition) is 1. The highest BCUT2D eigenvalue weighted by molar-refractivity contribution is 7.89. The van der Waals surface area contributed by atoms with Gasteiger partial charge < -0.3 is 4.90 Å². The predicted molar refractivity (Wildman–Crippen MR) is 77.7 cm³/mol. The Labute approximate surface area is 128 Å². The molecule has 4 nitrogen and oxygen atoms in total. The van der Waals surface area contributed by atoms with Gasteiger partial charge >= 0.3 is 6.18 Å². The first-order valence-corrected chi connectivity index (χ1v) is 8.77. The first-order chi connectivity index (χ1) is 10.3. The Hall–Kier alpha value is -1.12. The number of likely N-dealkylation sites (tertiary alicyclic amines) is 1. The normalized spacial score (nSPS) is 17.0. The van der Waals surface area contributed by atoms with E-state index >= 15 is 0 Å². The fraction of sp³-hybridized carbons (Fsp3) is 0.571. The number of benzene rings is 1. The number of sulfonamides is 1. The zero-order valence-electron chi connectivity index (χ0n) is 12.1. The highest BCUT2D eigenvalue weighted by atomic mass is 32.2. The largest absolute Gasteiger partial charge is 0.416 e. The summed E-state index contributed by atoms with van der Waals surface area (Å²) in [6, 6.07) is 4.67. The molecule has 2 rings (SSSR count). The van der Waals surface area contributed by atoms with Crippen molar-refractivity contribution in [1.82, 2.24) is 9.62 Å². The van der Waals surface area contributed by atoms with E-state index in [-0.39, 0.29) is 12.3 Å². The van der Waals surface area contributed by atoms with Crippen LogP contribution in [-0.2, 0) is 22.7 Å². The van der Waals surface area contributed by atoms with E-state index in [9.17, 15) is 21.6 Å². The molecule has 1 N–H and O–H groups in total. The van der Waals surface area contributed by atoms with Crippen LogP contribution in [0, 0.1) is 0 Å². The van der Waals surface area contributed by atoms with Crippen molar-refractivity contribution >= 4 is 10.0 Å². The Kier molecular flexibility index (Phi) is 5.46. The van der Waals surface area contributed by atoms with Crippen molar-refractivity contribution in [2.24, 2.45) is 0 Å². The molecule has 1 aromatic carbocycles. The van der Waals surface area contributed by atoms with Gasteiger partial charge in [0.25, 0.3) is 0 Å². The summed E-state index contributed by atoms with van der Waals surface area (Å²) in [5.74, 6) is -0.0358. The van der Waals surface area contributed by atoms with E-state index in [1.807, 2.05) is 0 Å². The fourth-order valence-electron chi connectivity index (χ4n) is 2.38. The maximum absolute atomic E-state index is 12.6. The molecule has 0 atom stereocenters. The van der Waals surface area contributed by atoms with Crippen molar-refractivity contribution in [3.63, 3.8) is 0 Å². The highest BCUT2D eigenvalue weighted by Gasteiger charge is 2.30. The lowest BCUT2D eigenvalue weighted by Gasteiger charge is -2.15. The van der Waals surface area contributed by atoms with Gasteiger partial charge in [0.15, 0.2) is 0 Å². The molecule has 0 unspecified atom stereocenters. The molecule has 0 aromatic heterocycles. The smallest absolute Gasteiger partial charge is 0.302 e. The number of alkyl halides is 3. The van der Waals surface area contributed by atoms with Gasteiger partial charge in [-0.1, -0.05) is 18.2 Å². The van der Waals surface area contributed by atoms with Gasteiger partial charge in [-0.3, -0.25) is 0 Å². The molecule has 124 valence electrons. The Morgan fingerprint density at radius 3 is 2.50 bits per heavy atom. The Balaban J connectivity index is 1.88. The maximum atomic E-state index is 12.6. The molecule has 1 aliphatic rings. The lowest BCUT2D eigenvalue weighted by atomic mass is 10.1. The van der Waals surface area contributed by atoms with Crippen molar-refractivity contribution < 1.29 is 21.6 Å². The molecule has 8 heteroatoms. The highest BCUT2D eigenvalue weighted by Crippen LogP contribution is 2.29. The molecule has 1 fully saturated rings. The van der Waals surface area contributed by atoms with Crippen LogP contribution in [0.25, 0.3) is 0 Å². The third-order valence-corrected chi connectivity index (χ3v) is 4.93. The van der Waals surface area contributed by atoms with Crippen molar-refractivity contribution in [2.75, 3.05) is 25.4 Å². The molecule has 1 saturated heterocycles. The summed E-state index contributed by atoms with van der Waals surface area (Å²) in [6.45, 7) is 2.14. The summed E-state index contributed by atoms with van der Waals surface area (Å²) in [7, 11) is -3.49. The summed E-state index contributed by atoms with van der Waals surface area (Å²) in [5, 5.41) is 0. The van der Waals surface area contributed by atoms with Crippen molar-refractivity contribution in [3.8, 4) is 0 Å². The topological polar surface area (TPSA) is 49.4 Å². The number of hydrogen-bond acceptors (Lipinski definition) is 3. The Bertz CT molecular complexity index is 596. The van der Waals surface area contributed by atoms with Gasteiger partial charge in [0, 0.05) is 13.1 Å². The first-order valence-electron chi connectivity index (χ1n) is 7.12. The average Bonchev–Trinajstić information content (AvgIpc) is 2.96. The summed E-state index contributed by atoms with van der Waals surface area (Å²) >= 11 is 0. The van der Waals surface area contributed by atoms with E-state index in [0.717, 1.165) is 38.1 Å². The molecule has 0 saturated carbocycles. The molecule has 0 spiro atoms. The van der Waals surface area contributed by atoms with E-state index in [4.69, 9.17) is 0 Å². The van der Waals surface area contributed by atoms with Crippen LogP contribution in [0.5, 0.6) is 0 Å². The minimum atomic E-state index is -4.43. The van der Waals surface area contributed by atoms with Crippen LogP contribution in [0.2, 0.25) is 0 Å². The van der Waals surface area contributed by atoms with Gasteiger partial charge in [-0.25, -0.2) is 13.1 Å². The zero-order chi connectivity index (χ0) is 16.2. The Morgan fingerprint density at radius 1 is 1.18 bits per heavy atom. The van der Waals surface area contributed by atoms with E-state index < -0.39 is 21.8 Å². The molecule has 22 heavy (non-hydrogen) atoms. The van der Waals surface area contributed by atoms with E-state index in [1.54, 1.807) is 0 Å². The quantitative estimate of drug-likeness (QED) is 0.867. The van der Waals surface area contributed by atoms with Gasteiger partial charge in [-0.2, -0.15) is 13.2 Å². The van der Waals surface area contributed by atoms with Crippen LogP contribution < -0.4 is 4.72 Å². The van der Waals surface area contributed by atoms with Crippen molar-refractivity contribution in [1.29, 1.82) is 0 Å². The third-order valence-electron chi connectivity index (χ3n) is 3.63. The lowest BCUT2D eigenvalue weighted by molar-refractivity contribution is -0.137. The Morgan fingerprint density at radius 2 is 1.86 bits per heavy atom. The molecule has 1 aromatic rings. The van der Waals surface area contributed by atoms with Crippen LogP contribution in [0.3, 0.4) is 0 Å². The minimum Gasteiger partial charge on any atom is -0.302 e. The van der Waals surface area contributed by atoms with Gasteiger partial charge in [-0.15, -0.1) is 0 Å². The summed E-state index contributed by atoms with van der Waals surface area (Å²) in [4.78, 5) is 2.07. The van der Waals surface area contributed by atoms with Gasteiger partial charge in [-0.05, 0) is 37.6 Å². The molecular weight excluding hydrogens is 317 g/mol. The third kappa shape index (κ3) is 5.26. The molecule has 0 bridgehead atoms. The summed E-state index contributed by atoms with van der Waals surface area (Å²) in [5.41, 5.74) is -0.485. The fourth-order valence-corrected chi connectivity index (χ4v) is 3.41. The maximum Gasteiger partial charge on any atom is 0.416 e. The van der Waals surface area contributed by atoms with Gasteiger partial charge in [0.2, 0.25) is 10.0 Å². The minimum absolute atomic E-state index is 0.0358. The van der Waals surface area contributed by atoms with Crippen LogP contribution in [0.1, 0.15) is 24.0 Å². The first kappa shape index (κ1) is 17.2. The van der Waals surface area contributed by atoms with Crippen molar-refractivity contribution in [3.05, 3.63) is 35.4 Å². The van der Waals surface area contributed by atoms with Gasteiger partial charge in [0.1, 0.15) is 0 Å². The zero-order valence-corrected chi connectivity index (χ0v) is 12.9. The van der Waals surface area contributed by atoms with Crippen LogP contribution in [0.15, 0.2) is 24.3 Å². The molecule has 0 aliphatic carbocycles.